The van der Waals surface area contributed by atoms with Crippen LogP contribution in [0.5, 0.6) is 5.75 Å². The van der Waals surface area contributed by atoms with Gasteiger partial charge in [-0.25, -0.2) is 0 Å². The Kier molecular flexibility index (Phi) is 4.06. The Morgan fingerprint density at radius 3 is 2.76 bits per heavy atom. The maximum atomic E-state index is 9.97. The van der Waals surface area contributed by atoms with Crippen molar-refractivity contribution in [2.24, 2.45) is 0 Å². The van der Waals surface area contributed by atoms with Gasteiger partial charge in [0.2, 0.25) is 0 Å². The van der Waals surface area contributed by atoms with E-state index in [4.69, 9.17) is 0 Å². The zero-order valence-corrected chi connectivity index (χ0v) is 10.6. The van der Waals surface area contributed by atoms with Gasteiger partial charge < -0.3 is 10.2 Å². The molecule has 0 radical (unpaired) electrons. The van der Waals surface area contributed by atoms with Crippen molar-refractivity contribution in [3.8, 4) is 5.75 Å². The van der Waals surface area contributed by atoms with Crippen molar-refractivity contribution in [2.45, 2.75) is 58.0 Å². The van der Waals surface area contributed by atoms with Crippen molar-refractivity contribution in [3.05, 3.63) is 28.8 Å². The maximum absolute atomic E-state index is 9.97. The first kappa shape index (κ1) is 12.4. The molecule has 0 bridgehead atoms. The lowest BCUT2D eigenvalue weighted by Gasteiger charge is -2.20. The lowest BCUT2D eigenvalue weighted by molar-refractivity contribution is 0.181. The zero-order chi connectivity index (χ0) is 12.3. The van der Waals surface area contributed by atoms with Crippen molar-refractivity contribution in [3.63, 3.8) is 0 Å². The molecule has 0 amide bonds. The number of phenolic OH excluding ortho intramolecular Hbond substituents is 1. The number of hydrogen-bond donors (Lipinski definition) is 2. The Balaban J connectivity index is 2.14. The molecule has 0 aromatic heterocycles. The molecule has 2 nitrogen and oxygen atoms in total. The van der Waals surface area contributed by atoms with Gasteiger partial charge in [0.15, 0.2) is 0 Å². The van der Waals surface area contributed by atoms with Crippen LogP contribution in [0.25, 0.3) is 0 Å². The van der Waals surface area contributed by atoms with Crippen LogP contribution in [0.3, 0.4) is 0 Å². The Hall–Kier alpha value is -1.02. The average molecular weight is 234 g/mol. The van der Waals surface area contributed by atoms with E-state index in [9.17, 15) is 10.2 Å². The molecule has 0 saturated heterocycles. The van der Waals surface area contributed by atoms with Gasteiger partial charge in [-0.15, -0.1) is 0 Å². The molecule has 1 aliphatic carbocycles. The van der Waals surface area contributed by atoms with E-state index < -0.39 is 0 Å². The second-order valence-corrected chi connectivity index (χ2v) is 5.15. The summed E-state index contributed by atoms with van der Waals surface area (Å²) in [6.07, 6.45) is 7.17. The number of aliphatic hydroxyl groups is 1. The first-order valence-corrected chi connectivity index (χ1v) is 6.69. The van der Waals surface area contributed by atoms with E-state index >= 15 is 0 Å². The summed E-state index contributed by atoms with van der Waals surface area (Å²) in [5.74, 6) is 0.441. The van der Waals surface area contributed by atoms with Gasteiger partial charge in [-0.3, -0.25) is 0 Å². The van der Waals surface area contributed by atoms with Crippen LogP contribution in [0.15, 0.2) is 12.1 Å². The molecular weight excluding hydrogens is 212 g/mol. The number of aliphatic hydroxyl groups excluding tert-OH is 1. The van der Waals surface area contributed by atoms with Crippen molar-refractivity contribution < 1.29 is 10.2 Å². The molecule has 0 aliphatic heterocycles. The number of aromatic hydroxyl groups is 1. The van der Waals surface area contributed by atoms with E-state index in [0.29, 0.717) is 5.75 Å². The highest BCUT2D eigenvalue weighted by molar-refractivity contribution is 5.45. The summed E-state index contributed by atoms with van der Waals surface area (Å²) in [5, 5.41) is 19.2. The van der Waals surface area contributed by atoms with Crippen LogP contribution < -0.4 is 0 Å². The standard InChI is InChI=1S/C15H22O2/c1-11(16)5-4-8-14-13-7-3-2-6-12(13)9-10-15(14)17/h9-11,16-17H,2-8H2,1H3/t11-/m0/s1. The lowest BCUT2D eigenvalue weighted by atomic mass is 9.86. The van der Waals surface area contributed by atoms with Gasteiger partial charge in [0.05, 0.1) is 6.10 Å². The number of hydrogen-bond acceptors (Lipinski definition) is 2. The fourth-order valence-corrected chi connectivity index (χ4v) is 2.75. The smallest absolute Gasteiger partial charge is 0.119 e. The summed E-state index contributed by atoms with van der Waals surface area (Å²) in [4.78, 5) is 0. The van der Waals surface area contributed by atoms with Crippen LogP contribution in [-0.2, 0) is 19.3 Å². The minimum atomic E-state index is -0.239. The quantitative estimate of drug-likeness (QED) is 0.841. The van der Waals surface area contributed by atoms with Crippen LogP contribution in [0, 0.1) is 0 Å². The summed E-state index contributed by atoms with van der Waals surface area (Å²) in [6.45, 7) is 1.82. The summed E-state index contributed by atoms with van der Waals surface area (Å²) in [6, 6.07) is 3.91. The molecule has 1 aromatic rings. The molecule has 0 unspecified atom stereocenters. The predicted molar refractivity (Wildman–Crippen MR) is 69.4 cm³/mol. The number of benzene rings is 1. The molecule has 0 fully saturated rings. The molecule has 2 rings (SSSR count). The third-order valence-corrected chi connectivity index (χ3v) is 3.68. The number of rotatable bonds is 4. The minimum absolute atomic E-state index is 0.239. The van der Waals surface area contributed by atoms with Gasteiger partial charge in [-0.1, -0.05) is 6.07 Å². The maximum Gasteiger partial charge on any atom is 0.119 e. The Bertz CT molecular complexity index is 383. The third-order valence-electron chi connectivity index (χ3n) is 3.68. The topological polar surface area (TPSA) is 40.5 Å². The van der Waals surface area contributed by atoms with E-state index in [-0.39, 0.29) is 6.10 Å². The fraction of sp³-hybridized carbons (Fsp3) is 0.600. The van der Waals surface area contributed by atoms with E-state index in [2.05, 4.69) is 6.07 Å². The van der Waals surface area contributed by atoms with Crippen molar-refractivity contribution in [2.75, 3.05) is 0 Å². The molecule has 94 valence electrons. The number of aryl methyl sites for hydroxylation is 1. The van der Waals surface area contributed by atoms with Crippen molar-refractivity contribution in [1.29, 1.82) is 0 Å². The van der Waals surface area contributed by atoms with Gasteiger partial charge in [-0.05, 0) is 74.6 Å². The number of phenols is 1. The Morgan fingerprint density at radius 1 is 1.24 bits per heavy atom. The molecule has 0 spiro atoms. The second kappa shape index (κ2) is 5.54. The normalized spacial score (nSPS) is 16.6. The van der Waals surface area contributed by atoms with Gasteiger partial charge in [0, 0.05) is 0 Å². The Labute approximate surface area is 103 Å². The predicted octanol–water partition coefficient (Wildman–Crippen LogP) is 2.97. The van der Waals surface area contributed by atoms with E-state index in [1.165, 1.54) is 24.0 Å². The molecule has 1 atom stereocenters. The molecular formula is C15H22O2. The van der Waals surface area contributed by atoms with Gasteiger partial charge in [0.1, 0.15) is 5.75 Å². The SMILES string of the molecule is C[C@H](O)CCCc1c(O)ccc2c1CCCC2. The van der Waals surface area contributed by atoms with Crippen LogP contribution in [-0.4, -0.2) is 16.3 Å². The summed E-state index contributed by atoms with van der Waals surface area (Å²) >= 11 is 0. The molecule has 2 heteroatoms. The zero-order valence-electron chi connectivity index (χ0n) is 10.6. The molecule has 1 aliphatic rings. The first-order chi connectivity index (χ1) is 8.18. The number of fused-ring (bicyclic) bond motifs is 1. The molecule has 0 saturated carbocycles. The van der Waals surface area contributed by atoms with E-state index in [1.54, 1.807) is 0 Å². The van der Waals surface area contributed by atoms with Crippen LogP contribution in [0.2, 0.25) is 0 Å². The Morgan fingerprint density at radius 2 is 2.00 bits per heavy atom. The van der Waals surface area contributed by atoms with Gasteiger partial charge in [-0.2, -0.15) is 0 Å². The summed E-state index contributed by atoms with van der Waals surface area (Å²) < 4.78 is 0. The van der Waals surface area contributed by atoms with Crippen LogP contribution in [0.4, 0.5) is 0 Å². The average Bonchev–Trinajstić information content (AvgIpc) is 2.32. The molecule has 1 aromatic carbocycles. The largest absolute Gasteiger partial charge is 0.508 e. The van der Waals surface area contributed by atoms with E-state index in [0.717, 1.165) is 37.7 Å². The van der Waals surface area contributed by atoms with Gasteiger partial charge in [0.25, 0.3) is 0 Å². The van der Waals surface area contributed by atoms with Crippen molar-refractivity contribution >= 4 is 0 Å². The lowest BCUT2D eigenvalue weighted by Crippen LogP contribution is -2.07. The van der Waals surface area contributed by atoms with Crippen LogP contribution >= 0.6 is 0 Å². The molecule has 2 N–H and O–H groups in total. The third kappa shape index (κ3) is 3.01. The van der Waals surface area contributed by atoms with Gasteiger partial charge >= 0.3 is 0 Å². The monoisotopic (exact) mass is 234 g/mol. The highest BCUT2D eigenvalue weighted by Crippen LogP contribution is 2.31. The van der Waals surface area contributed by atoms with Crippen LogP contribution in [0.1, 0.15) is 49.3 Å². The molecule has 0 heterocycles. The van der Waals surface area contributed by atoms with E-state index in [1.807, 2.05) is 13.0 Å². The first-order valence-electron chi connectivity index (χ1n) is 6.69. The minimum Gasteiger partial charge on any atom is -0.508 e. The summed E-state index contributed by atoms with van der Waals surface area (Å²) in [5.41, 5.74) is 3.92. The van der Waals surface area contributed by atoms with Crippen molar-refractivity contribution in [1.82, 2.24) is 0 Å². The second-order valence-electron chi connectivity index (χ2n) is 5.15. The molecule has 17 heavy (non-hydrogen) atoms. The highest BCUT2D eigenvalue weighted by Gasteiger charge is 2.16. The summed E-state index contributed by atoms with van der Waals surface area (Å²) in [7, 11) is 0. The fourth-order valence-electron chi connectivity index (χ4n) is 2.75. The highest BCUT2D eigenvalue weighted by atomic mass is 16.3.